The molecule has 0 aliphatic carbocycles. The average Bonchev–Trinajstić information content (AvgIpc) is 3.28. The number of rotatable bonds is 7. The molecule has 0 atom stereocenters. The van der Waals surface area contributed by atoms with E-state index in [1.807, 2.05) is 54.6 Å². The topological polar surface area (TPSA) is 82.6 Å². The maximum atomic E-state index is 12.5. The molecular formula is C23H24N4O2S. The normalized spacial score (nSPS) is 13.5. The van der Waals surface area contributed by atoms with E-state index in [0.717, 1.165) is 47.8 Å². The Kier molecular flexibility index (Phi) is 6.11. The van der Waals surface area contributed by atoms with Crippen LogP contribution in [0.5, 0.6) is 0 Å². The molecule has 1 aliphatic rings. The van der Waals surface area contributed by atoms with E-state index in [9.17, 15) is 8.42 Å². The van der Waals surface area contributed by atoms with Gasteiger partial charge in [0.1, 0.15) is 0 Å². The lowest BCUT2D eigenvalue weighted by molar-refractivity contribution is 0.581. The van der Waals surface area contributed by atoms with E-state index in [2.05, 4.69) is 32.5 Å². The maximum Gasteiger partial charge on any atom is 0.240 e. The van der Waals surface area contributed by atoms with Gasteiger partial charge in [0.25, 0.3) is 0 Å². The van der Waals surface area contributed by atoms with Crippen LogP contribution in [-0.4, -0.2) is 27.5 Å². The van der Waals surface area contributed by atoms with Gasteiger partial charge in [-0.15, -0.1) is 0 Å². The van der Waals surface area contributed by atoms with Gasteiger partial charge in [-0.2, -0.15) is 0 Å². The predicted molar refractivity (Wildman–Crippen MR) is 120 cm³/mol. The molecule has 0 fully saturated rings. The molecule has 0 unspecified atom stereocenters. The van der Waals surface area contributed by atoms with Crippen molar-refractivity contribution < 1.29 is 8.42 Å². The van der Waals surface area contributed by atoms with Crippen molar-refractivity contribution in [2.24, 2.45) is 4.99 Å². The number of nitrogens with zero attached hydrogens (tertiary/aromatic N) is 1. The Bertz CT molecular complexity index is 1110. The van der Waals surface area contributed by atoms with Gasteiger partial charge >= 0.3 is 0 Å². The van der Waals surface area contributed by atoms with Gasteiger partial charge in [-0.3, -0.25) is 4.99 Å². The quantitative estimate of drug-likeness (QED) is 0.548. The summed E-state index contributed by atoms with van der Waals surface area (Å²) in [7, 11) is -3.54. The average molecular weight is 421 g/mol. The second-order valence-electron chi connectivity index (χ2n) is 7.11. The van der Waals surface area contributed by atoms with E-state index in [0.29, 0.717) is 0 Å². The first kappa shape index (κ1) is 20.1. The van der Waals surface area contributed by atoms with Gasteiger partial charge in [-0.1, -0.05) is 54.6 Å². The fraction of sp³-hybridized carbons (Fsp3) is 0.174. The molecule has 0 bridgehead atoms. The zero-order valence-electron chi connectivity index (χ0n) is 16.5. The highest BCUT2D eigenvalue weighted by molar-refractivity contribution is 7.89. The summed E-state index contributed by atoms with van der Waals surface area (Å²) in [6.07, 6.45) is 0.733. The Morgan fingerprint density at radius 1 is 0.833 bits per heavy atom. The molecule has 0 aromatic heterocycles. The first-order valence-electron chi connectivity index (χ1n) is 9.85. The van der Waals surface area contributed by atoms with E-state index in [1.54, 1.807) is 12.1 Å². The molecule has 0 radical (unpaired) electrons. The SMILES string of the molecule is O=S(=O)(NCc1ccccc1)c1ccc(Cc2ccc(NC3=NCCN3)cc2)cc1. The number of hydrogen-bond donors (Lipinski definition) is 3. The fourth-order valence-corrected chi connectivity index (χ4v) is 4.22. The van der Waals surface area contributed by atoms with E-state index < -0.39 is 10.0 Å². The van der Waals surface area contributed by atoms with Gasteiger partial charge in [-0.05, 0) is 47.4 Å². The number of sulfonamides is 1. The first-order valence-corrected chi connectivity index (χ1v) is 11.3. The summed E-state index contributed by atoms with van der Waals surface area (Å²) in [6.45, 7) is 1.94. The molecular weight excluding hydrogens is 396 g/mol. The smallest absolute Gasteiger partial charge is 0.240 e. The molecule has 0 saturated carbocycles. The van der Waals surface area contributed by atoms with Crippen LogP contribution < -0.4 is 15.4 Å². The lowest BCUT2D eigenvalue weighted by Gasteiger charge is -2.09. The Hall–Kier alpha value is -3.16. The van der Waals surface area contributed by atoms with Crippen molar-refractivity contribution >= 4 is 21.7 Å². The zero-order valence-corrected chi connectivity index (χ0v) is 17.3. The summed E-state index contributed by atoms with van der Waals surface area (Å²) in [5.41, 5.74) is 4.11. The third kappa shape index (κ3) is 5.25. The van der Waals surface area contributed by atoms with Gasteiger partial charge in [0.2, 0.25) is 10.0 Å². The molecule has 7 heteroatoms. The molecule has 0 spiro atoms. The lowest BCUT2D eigenvalue weighted by atomic mass is 10.0. The van der Waals surface area contributed by atoms with Gasteiger partial charge in [-0.25, -0.2) is 13.1 Å². The van der Waals surface area contributed by atoms with Crippen molar-refractivity contribution in [3.63, 3.8) is 0 Å². The van der Waals surface area contributed by atoms with Crippen LogP contribution in [0.2, 0.25) is 0 Å². The van der Waals surface area contributed by atoms with Crippen molar-refractivity contribution in [3.05, 3.63) is 95.6 Å². The van der Waals surface area contributed by atoms with Crippen molar-refractivity contribution in [3.8, 4) is 0 Å². The molecule has 1 heterocycles. The summed E-state index contributed by atoms with van der Waals surface area (Å²) >= 11 is 0. The standard InChI is InChI=1S/C23H24N4O2S/c28-30(29,26-17-20-4-2-1-3-5-20)22-12-8-19(9-13-22)16-18-6-10-21(11-7-18)27-23-24-14-15-25-23/h1-13,26H,14-17H2,(H2,24,25,27). The van der Waals surface area contributed by atoms with Gasteiger partial charge < -0.3 is 10.6 Å². The van der Waals surface area contributed by atoms with Crippen LogP contribution in [0.25, 0.3) is 0 Å². The van der Waals surface area contributed by atoms with Crippen LogP contribution in [0, 0.1) is 0 Å². The molecule has 0 saturated heterocycles. The van der Waals surface area contributed by atoms with Crippen molar-refractivity contribution in [2.75, 3.05) is 18.4 Å². The summed E-state index contributed by atoms with van der Waals surface area (Å²) in [4.78, 5) is 4.59. The Morgan fingerprint density at radius 2 is 1.50 bits per heavy atom. The minimum absolute atomic E-state index is 0.270. The van der Waals surface area contributed by atoms with Crippen LogP contribution in [0.3, 0.4) is 0 Å². The second-order valence-corrected chi connectivity index (χ2v) is 8.88. The lowest BCUT2D eigenvalue weighted by Crippen LogP contribution is -2.26. The van der Waals surface area contributed by atoms with E-state index in [1.165, 1.54) is 0 Å². The number of anilines is 1. The largest absolute Gasteiger partial charge is 0.354 e. The van der Waals surface area contributed by atoms with E-state index in [4.69, 9.17) is 0 Å². The van der Waals surface area contributed by atoms with Crippen molar-refractivity contribution in [1.29, 1.82) is 0 Å². The van der Waals surface area contributed by atoms with E-state index >= 15 is 0 Å². The highest BCUT2D eigenvalue weighted by Gasteiger charge is 2.13. The number of aliphatic imine (C=N–C) groups is 1. The zero-order chi connectivity index (χ0) is 20.8. The van der Waals surface area contributed by atoms with Crippen LogP contribution in [0.4, 0.5) is 5.69 Å². The minimum atomic E-state index is -3.54. The Morgan fingerprint density at radius 3 is 2.13 bits per heavy atom. The highest BCUT2D eigenvalue weighted by Crippen LogP contribution is 2.16. The minimum Gasteiger partial charge on any atom is -0.354 e. The molecule has 3 aromatic carbocycles. The van der Waals surface area contributed by atoms with Gasteiger partial charge in [0, 0.05) is 18.8 Å². The van der Waals surface area contributed by atoms with Crippen LogP contribution >= 0.6 is 0 Å². The molecule has 154 valence electrons. The van der Waals surface area contributed by atoms with Gasteiger partial charge in [0.05, 0.1) is 11.4 Å². The molecule has 4 rings (SSSR count). The van der Waals surface area contributed by atoms with Crippen LogP contribution in [-0.2, 0) is 23.0 Å². The van der Waals surface area contributed by atoms with Gasteiger partial charge in [0.15, 0.2) is 5.96 Å². The number of hydrogen-bond acceptors (Lipinski definition) is 5. The maximum absolute atomic E-state index is 12.5. The van der Waals surface area contributed by atoms with E-state index in [-0.39, 0.29) is 11.4 Å². The monoisotopic (exact) mass is 420 g/mol. The molecule has 0 amide bonds. The molecule has 3 N–H and O–H groups in total. The Labute approximate surface area is 177 Å². The summed E-state index contributed by atoms with van der Waals surface area (Å²) in [5.74, 6) is 0.806. The number of benzene rings is 3. The van der Waals surface area contributed by atoms with Crippen LogP contribution in [0.1, 0.15) is 16.7 Å². The molecule has 6 nitrogen and oxygen atoms in total. The highest BCUT2D eigenvalue weighted by atomic mass is 32.2. The summed E-state index contributed by atoms with van der Waals surface area (Å²) in [6, 6.07) is 24.7. The van der Waals surface area contributed by atoms with Crippen molar-refractivity contribution in [2.45, 2.75) is 17.9 Å². The second kappa shape index (κ2) is 9.11. The fourth-order valence-electron chi connectivity index (χ4n) is 3.20. The molecule has 1 aliphatic heterocycles. The number of nitrogens with one attached hydrogen (secondary N) is 3. The molecule has 30 heavy (non-hydrogen) atoms. The van der Waals surface area contributed by atoms with Crippen molar-refractivity contribution in [1.82, 2.24) is 10.0 Å². The summed E-state index contributed by atoms with van der Waals surface area (Å²) in [5, 5.41) is 6.42. The third-order valence-corrected chi connectivity index (χ3v) is 6.26. The number of guanidine groups is 1. The first-order chi connectivity index (χ1) is 14.6. The molecule has 3 aromatic rings. The predicted octanol–water partition coefficient (Wildman–Crippen LogP) is 3.13. The summed E-state index contributed by atoms with van der Waals surface area (Å²) < 4.78 is 27.7. The Balaban J connectivity index is 1.36. The van der Waals surface area contributed by atoms with Crippen LogP contribution in [0.15, 0.2) is 88.8 Å². The third-order valence-electron chi connectivity index (χ3n) is 4.84.